The van der Waals surface area contributed by atoms with Crippen LogP contribution in [0.15, 0.2) is 0 Å². The Labute approximate surface area is 139 Å². The second kappa shape index (κ2) is 23.7. The van der Waals surface area contributed by atoms with E-state index in [0.717, 1.165) is 39.3 Å². The Kier molecular flexibility index (Phi) is 34.8. The first-order chi connectivity index (χ1) is 8.42. The fourth-order valence-corrected chi connectivity index (χ4v) is 0.671. The van der Waals surface area contributed by atoms with Crippen molar-refractivity contribution in [2.75, 3.05) is 60.4 Å². The Balaban J connectivity index is -0.0000000865. The molecule has 0 saturated heterocycles. The van der Waals surface area contributed by atoms with Crippen LogP contribution in [-0.4, -0.2) is 75.1 Å². The third-order valence-electron chi connectivity index (χ3n) is 3.24. The van der Waals surface area contributed by atoms with E-state index in [1.165, 1.54) is 0 Å². The number of hydrogen-bond acceptors (Lipinski definition) is 3. The predicted octanol–water partition coefficient (Wildman–Crippen LogP) is 2.87. The molecular formula is C15H39N3Ta. The molecule has 0 aromatic heterocycles. The van der Waals surface area contributed by atoms with Crippen molar-refractivity contribution in [3.05, 3.63) is 0 Å². The Morgan fingerprint density at radius 1 is 0.421 bits per heavy atom. The first kappa shape index (κ1) is 27.9. The van der Waals surface area contributed by atoms with Gasteiger partial charge in [0.1, 0.15) is 0 Å². The van der Waals surface area contributed by atoms with Gasteiger partial charge in [0, 0.05) is 22.4 Å². The standard InChI is InChI=1S/3C5H13N.Ta/c3*1-4-6(3)5-2;/h3*4-5H2,1-3H3;. The fourth-order valence-electron chi connectivity index (χ4n) is 0.671. The molecule has 0 aliphatic rings. The van der Waals surface area contributed by atoms with E-state index in [1.54, 1.807) is 0 Å². The van der Waals surface area contributed by atoms with Crippen LogP contribution >= 0.6 is 0 Å². The van der Waals surface area contributed by atoms with E-state index in [0.29, 0.717) is 0 Å². The SMILES string of the molecule is CCN(C)CC.CCN(C)CC.CCN(C)CC.[Ta]. The zero-order chi connectivity index (χ0) is 15.0. The van der Waals surface area contributed by atoms with Gasteiger partial charge in [-0.1, -0.05) is 41.5 Å². The first-order valence-corrected chi connectivity index (χ1v) is 7.48. The van der Waals surface area contributed by atoms with Crippen LogP contribution in [0.5, 0.6) is 0 Å². The van der Waals surface area contributed by atoms with Gasteiger partial charge in [-0.3, -0.25) is 0 Å². The van der Waals surface area contributed by atoms with E-state index < -0.39 is 0 Å². The van der Waals surface area contributed by atoms with Crippen molar-refractivity contribution < 1.29 is 22.4 Å². The van der Waals surface area contributed by atoms with Gasteiger partial charge in [-0.25, -0.2) is 0 Å². The summed E-state index contributed by atoms with van der Waals surface area (Å²) in [4.78, 5) is 6.75. The van der Waals surface area contributed by atoms with E-state index in [9.17, 15) is 0 Å². The molecule has 119 valence electrons. The van der Waals surface area contributed by atoms with Gasteiger partial charge in [0.25, 0.3) is 0 Å². The van der Waals surface area contributed by atoms with Gasteiger partial charge in [-0.15, -0.1) is 0 Å². The quantitative estimate of drug-likeness (QED) is 0.627. The predicted molar refractivity (Wildman–Crippen MR) is 86.5 cm³/mol. The van der Waals surface area contributed by atoms with Gasteiger partial charge < -0.3 is 14.7 Å². The summed E-state index contributed by atoms with van der Waals surface area (Å²) < 4.78 is 0. The molecule has 0 aromatic rings. The molecule has 0 rings (SSSR count). The van der Waals surface area contributed by atoms with Gasteiger partial charge in [0.2, 0.25) is 0 Å². The maximum Gasteiger partial charge on any atom is 0 e. The molecule has 0 saturated carbocycles. The van der Waals surface area contributed by atoms with E-state index in [1.807, 2.05) is 0 Å². The second-order valence-electron chi connectivity index (χ2n) is 4.47. The number of hydrogen-bond donors (Lipinski definition) is 0. The smallest absolute Gasteiger partial charge is 0 e. The van der Waals surface area contributed by atoms with E-state index in [2.05, 4.69) is 77.4 Å². The van der Waals surface area contributed by atoms with Crippen LogP contribution in [0.2, 0.25) is 0 Å². The molecule has 0 heterocycles. The molecule has 1 radical (unpaired) electrons. The zero-order valence-corrected chi connectivity index (χ0v) is 18.2. The molecule has 0 unspecified atom stereocenters. The van der Waals surface area contributed by atoms with E-state index in [-0.39, 0.29) is 22.4 Å². The van der Waals surface area contributed by atoms with Gasteiger partial charge in [-0.05, 0) is 60.4 Å². The van der Waals surface area contributed by atoms with Crippen LogP contribution in [0.3, 0.4) is 0 Å². The monoisotopic (exact) mass is 442 g/mol. The minimum Gasteiger partial charge on any atom is -0.307 e. The number of nitrogens with zero attached hydrogens (tertiary/aromatic N) is 3. The summed E-state index contributed by atoms with van der Waals surface area (Å²) in [6.07, 6.45) is 0. The zero-order valence-electron chi connectivity index (χ0n) is 15.0. The Morgan fingerprint density at radius 3 is 0.526 bits per heavy atom. The molecule has 4 heteroatoms. The Morgan fingerprint density at radius 2 is 0.526 bits per heavy atom. The average Bonchev–Trinajstić information content (AvgIpc) is 2.45. The van der Waals surface area contributed by atoms with Crippen molar-refractivity contribution in [2.45, 2.75) is 41.5 Å². The Bertz CT molecular complexity index is 98.8. The summed E-state index contributed by atoms with van der Waals surface area (Å²) >= 11 is 0. The van der Waals surface area contributed by atoms with Crippen molar-refractivity contribution >= 4 is 0 Å². The van der Waals surface area contributed by atoms with Crippen LogP contribution in [0.4, 0.5) is 0 Å². The van der Waals surface area contributed by atoms with Gasteiger partial charge >= 0.3 is 0 Å². The normalized spacial score (nSPS) is 9.47. The summed E-state index contributed by atoms with van der Waals surface area (Å²) in [5, 5.41) is 0. The van der Waals surface area contributed by atoms with Crippen LogP contribution < -0.4 is 0 Å². The third kappa shape index (κ3) is 32.3. The van der Waals surface area contributed by atoms with E-state index >= 15 is 0 Å². The topological polar surface area (TPSA) is 9.72 Å². The molecule has 0 amide bonds. The largest absolute Gasteiger partial charge is 0.307 e. The first-order valence-electron chi connectivity index (χ1n) is 7.48. The molecule has 0 fully saturated rings. The van der Waals surface area contributed by atoms with Crippen molar-refractivity contribution in [2.24, 2.45) is 0 Å². The Hall–Kier alpha value is 0.620. The molecule has 19 heavy (non-hydrogen) atoms. The molecule has 0 spiro atoms. The molecular weight excluding hydrogens is 403 g/mol. The number of rotatable bonds is 6. The summed E-state index contributed by atoms with van der Waals surface area (Å²) in [6, 6.07) is 0. The van der Waals surface area contributed by atoms with Crippen molar-refractivity contribution in [1.82, 2.24) is 14.7 Å². The van der Waals surface area contributed by atoms with E-state index in [4.69, 9.17) is 0 Å². The van der Waals surface area contributed by atoms with Crippen molar-refractivity contribution in [1.29, 1.82) is 0 Å². The molecule has 0 atom stereocenters. The van der Waals surface area contributed by atoms with Crippen LogP contribution in [0.25, 0.3) is 0 Å². The van der Waals surface area contributed by atoms with Crippen LogP contribution in [-0.2, 0) is 22.4 Å². The third-order valence-corrected chi connectivity index (χ3v) is 3.24. The average molecular weight is 442 g/mol. The van der Waals surface area contributed by atoms with Crippen molar-refractivity contribution in [3.63, 3.8) is 0 Å². The molecule has 0 aliphatic carbocycles. The maximum atomic E-state index is 2.25. The van der Waals surface area contributed by atoms with Gasteiger partial charge in [0.05, 0.1) is 0 Å². The minimum atomic E-state index is 0. The molecule has 0 aliphatic heterocycles. The second-order valence-corrected chi connectivity index (χ2v) is 4.47. The maximum absolute atomic E-state index is 2.25. The van der Waals surface area contributed by atoms with Crippen molar-refractivity contribution in [3.8, 4) is 0 Å². The summed E-state index contributed by atoms with van der Waals surface area (Å²) in [7, 11) is 6.33. The molecule has 3 nitrogen and oxygen atoms in total. The summed E-state index contributed by atoms with van der Waals surface area (Å²) in [6.45, 7) is 19.9. The van der Waals surface area contributed by atoms with Crippen LogP contribution in [0.1, 0.15) is 41.5 Å². The minimum absolute atomic E-state index is 0. The van der Waals surface area contributed by atoms with Gasteiger partial charge in [-0.2, -0.15) is 0 Å². The fraction of sp³-hybridized carbons (Fsp3) is 1.00. The van der Waals surface area contributed by atoms with Crippen LogP contribution in [0, 0.1) is 0 Å². The molecule has 0 bridgehead atoms. The summed E-state index contributed by atoms with van der Waals surface area (Å²) in [5.74, 6) is 0. The van der Waals surface area contributed by atoms with Gasteiger partial charge in [0.15, 0.2) is 0 Å². The molecule has 0 aromatic carbocycles. The summed E-state index contributed by atoms with van der Waals surface area (Å²) in [5.41, 5.74) is 0. The molecule has 0 N–H and O–H groups in total.